The van der Waals surface area contributed by atoms with Gasteiger partial charge in [-0.3, -0.25) is 9.59 Å². The first kappa shape index (κ1) is 25.6. The van der Waals surface area contributed by atoms with Crippen LogP contribution in [-0.4, -0.2) is 26.5 Å². The van der Waals surface area contributed by atoms with E-state index < -0.39 is 4.75 Å². The van der Waals surface area contributed by atoms with Gasteiger partial charge in [-0.05, 0) is 79.2 Å². The van der Waals surface area contributed by atoms with E-state index in [-0.39, 0.29) is 23.1 Å². The number of hydrogen-bond donors (Lipinski definition) is 2. The third-order valence-corrected chi connectivity index (χ3v) is 8.54. The average Bonchev–Trinajstić information content (AvgIpc) is 2.96. The standard InChI is InChI=1S/C32H24O4S2/c33-25-8-14-28(15-9-25)37-27-12-6-22(7-13-27)30(35)23-18-20-32(21-19-23,31(36)24-4-2-1-3-5-24)38-29-16-10-26(34)11-17-29/h1-20,33-34H,21H2. The fourth-order valence-corrected chi connectivity index (χ4v) is 6.15. The van der Waals surface area contributed by atoms with Crippen LogP contribution in [0.5, 0.6) is 11.5 Å². The molecule has 4 aromatic carbocycles. The van der Waals surface area contributed by atoms with Crippen molar-refractivity contribution in [3.05, 3.63) is 138 Å². The van der Waals surface area contributed by atoms with Crippen molar-refractivity contribution in [3.63, 3.8) is 0 Å². The molecule has 1 aliphatic rings. The van der Waals surface area contributed by atoms with Gasteiger partial charge in [-0.15, -0.1) is 11.8 Å². The highest BCUT2D eigenvalue weighted by Gasteiger charge is 2.39. The van der Waals surface area contributed by atoms with Crippen molar-refractivity contribution in [2.45, 2.75) is 25.9 Å². The summed E-state index contributed by atoms with van der Waals surface area (Å²) in [4.78, 5) is 29.8. The van der Waals surface area contributed by atoms with Gasteiger partial charge in [0, 0.05) is 31.4 Å². The van der Waals surface area contributed by atoms with Crippen LogP contribution in [0, 0.1) is 0 Å². The lowest BCUT2D eigenvalue weighted by Gasteiger charge is -2.30. The number of hydrogen-bond acceptors (Lipinski definition) is 6. The highest BCUT2D eigenvalue weighted by molar-refractivity contribution is 8.01. The summed E-state index contributed by atoms with van der Waals surface area (Å²) in [6, 6.07) is 30.3. The molecule has 38 heavy (non-hydrogen) atoms. The maximum absolute atomic E-state index is 13.7. The van der Waals surface area contributed by atoms with Crippen LogP contribution < -0.4 is 0 Å². The molecule has 2 N–H and O–H groups in total. The smallest absolute Gasteiger partial charge is 0.192 e. The van der Waals surface area contributed by atoms with Gasteiger partial charge in [0.2, 0.25) is 0 Å². The molecule has 0 saturated carbocycles. The minimum Gasteiger partial charge on any atom is -0.508 e. The van der Waals surface area contributed by atoms with Crippen molar-refractivity contribution in [3.8, 4) is 11.5 Å². The Balaban J connectivity index is 1.35. The molecule has 0 saturated heterocycles. The second-order valence-electron chi connectivity index (χ2n) is 8.83. The number of carbonyl (C=O) groups is 2. The average molecular weight is 537 g/mol. The number of allylic oxidation sites excluding steroid dienone is 3. The number of carbonyl (C=O) groups excluding carboxylic acids is 2. The van der Waals surface area contributed by atoms with Gasteiger partial charge in [-0.2, -0.15) is 0 Å². The van der Waals surface area contributed by atoms with Crippen molar-refractivity contribution >= 4 is 35.1 Å². The van der Waals surface area contributed by atoms with Crippen molar-refractivity contribution in [1.82, 2.24) is 0 Å². The van der Waals surface area contributed by atoms with Crippen LogP contribution in [0.3, 0.4) is 0 Å². The SMILES string of the molecule is O=C(C1=CCC(Sc2ccc(O)cc2)(C(=O)c2ccccc2)C=C1)c1ccc(Sc2ccc(O)cc2)cc1. The zero-order chi connectivity index (χ0) is 26.5. The Morgan fingerprint density at radius 3 is 1.76 bits per heavy atom. The molecule has 0 spiro atoms. The Morgan fingerprint density at radius 1 is 0.658 bits per heavy atom. The predicted molar refractivity (Wildman–Crippen MR) is 152 cm³/mol. The molecule has 0 aromatic heterocycles. The number of rotatable bonds is 8. The van der Waals surface area contributed by atoms with Gasteiger partial charge in [0.1, 0.15) is 16.2 Å². The van der Waals surface area contributed by atoms with E-state index in [2.05, 4.69) is 0 Å². The molecule has 0 aliphatic heterocycles. The molecule has 0 fully saturated rings. The number of phenolic OH excluding ortho intramolecular Hbond substituents is 2. The number of Topliss-reactive ketones (excluding diaryl/α,β-unsaturated/α-hetero) is 2. The van der Waals surface area contributed by atoms with Gasteiger partial charge < -0.3 is 10.2 Å². The number of ketones is 2. The van der Waals surface area contributed by atoms with Crippen molar-refractivity contribution in [2.24, 2.45) is 0 Å². The normalized spacial score (nSPS) is 16.6. The van der Waals surface area contributed by atoms with E-state index in [1.807, 2.05) is 66.7 Å². The maximum Gasteiger partial charge on any atom is 0.192 e. The van der Waals surface area contributed by atoms with Crippen molar-refractivity contribution < 1.29 is 19.8 Å². The lowest BCUT2D eigenvalue weighted by molar-refractivity contribution is 0.0959. The topological polar surface area (TPSA) is 74.6 Å². The fraction of sp³-hybridized carbons (Fsp3) is 0.0625. The number of benzene rings is 4. The van der Waals surface area contributed by atoms with Gasteiger partial charge in [0.15, 0.2) is 11.6 Å². The van der Waals surface area contributed by atoms with Crippen LogP contribution in [0.15, 0.2) is 142 Å². The van der Waals surface area contributed by atoms with E-state index in [9.17, 15) is 19.8 Å². The minimum absolute atomic E-state index is 0.0363. The second-order valence-corrected chi connectivity index (χ2v) is 11.4. The lowest BCUT2D eigenvalue weighted by atomic mass is 9.87. The largest absolute Gasteiger partial charge is 0.508 e. The molecule has 1 unspecified atom stereocenters. The van der Waals surface area contributed by atoms with E-state index in [0.717, 1.165) is 14.7 Å². The van der Waals surface area contributed by atoms with Crippen LogP contribution in [-0.2, 0) is 0 Å². The summed E-state index contributed by atoms with van der Waals surface area (Å²) in [7, 11) is 0. The Labute approximate surface area is 229 Å². The summed E-state index contributed by atoms with van der Waals surface area (Å²) in [6.45, 7) is 0. The summed E-state index contributed by atoms with van der Waals surface area (Å²) in [6.07, 6.45) is 5.79. The lowest BCUT2D eigenvalue weighted by Crippen LogP contribution is -2.34. The predicted octanol–water partition coefficient (Wildman–Crippen LogP) is 7.73. The highest BCUT2D eigenvalue weighted by Crippen LogP contribution is 2.43. The van der Waals surface area contributed by atoms with Crippen molar-refractivity contribution in [1.29, 1.82) is 0 Å². The molecule has 1 atom stereocenters. The molecule has 6 heteroatoms. The molecule has 188 valence electrons. The first-order valence-electron chi connectivity index (χ1n) is 12.0. The molecular weight excluding hydrogens is 512 g/mol. The molecule has 0 radical (unpaired) electrons. The number of thioether (sulfide) groups is 1. The van der Waals surface area contributed by atoms with Gasteiger partial charge in [0.05, 0.1) is 0 Å². The Morgan fingerprint density at radius 2 is 1.21 bits per heavy atom. The second kappa shape index (κ2) is 11.2. The van der Waals surface area contributed by atoms with E-state index in [0.29, 0.717) is 23.1 Å². The highest BCUT2D eigenvalue weighted by atomic mass is 32.2. The Hall–Kier alpha value is -4.00. The van der Waals surface area contributed by atoms with Crippen LogP contribution >= 0.6 is 23.5 Å². The summed E-state index contributed by atoms with van der Waals surface area (Å²) >= 11 is 2.96. The maximum atomic E-state index is 13.7. The van der Waals surface area contributed by atoms with Crippen LogP contribution in [0.25, 0.3) is 0 Å². The first-order chi connectivity index (χ1) is 18.4. The number of phenols is 2. The molecular formula is C32H24O4S2. The van der Waals surface area contributed by atoms with Gasteiger partial charge in [-0.25, -0.2) is 0 Å². The quantitative estimate of drug-likeness (QED) is 0.225. The summed E-state index contributed by atoms with van der Waals surface area (Å²) < 4.78 is -0.910. The van der Waals surface area contributed by atoms with Gasteiger partial charge in [0.25, 0.3) is 0 Å². The monoisotopic (exact) mass is 536 g/mol. The van der Waals surface area contributed by atoms with Crippen LogP contribution in [0.4, 0.5) is 0 Å². The van der Waals surface area contributed by atoms with Crippen molar-refractivity contribution in [2.75, 3.05) is 0 Å². The summed E-state index contributed by atoms with van der Waals surface area (Å²) in [5.74, 6) is 0.251. The third-order valence-electron chi connectivity index (χ3n) is 6.17. The van der Waals surface area contributed by atoms with Crippen LogP contribution in [0.1, 0.15) is 27.1 Å². The molecule has 4 nitrogen and oxygen atoms in total. The third kappa shape index (κ3) is 5.77. The zero-order valence-corrected chi connectivity index (χ0v) is 21.9. The van der Waals surface area contributed by atoms with E-state index in [4.69, 9.17) is 0 Å². The van der Waals surface area contributed by atoms with Gasteiger partial charge in [-0.1, -0.05) is 60.3 Å². The molecule has 4 aromatic rings. The zero-order valence-electron chi connectivity index (χ0n) is 20.3. The summed E-state index contributed by atoms with van der Waals surface area (Å²) in [5, 5.41) is 19.1. The molecule has 1 aliphatic carbocycles. The minimum atomic E-state index is -0.910. The van der Waals surface area contributed by atoms with E-state index >= 15 is 0 Å². The molecule has 0 bridgehead atoms. The molecule has 5 rings (SSSR count). The fourth-order valence-electron chi connectivity index (χ4n) is 4.13. The Kier molecular flexibility index (Phi) is 7.54. The molecule has 0 amide bonds. The van der Waals surface area contributed by atoms with E-state index in [1.165, 1.54) is 11.8 Å². The number of aromatic hydroxyl groups is 2. The van der Waals surface area contributed by atoms with Crippen LogP contribution in [0.2, 0.25) is 0 Å². The van der Waals surface area contributed by atoms with E-state index in [1.54, 1.807) is 66.4 Å². The molecule has 0 heterocycles. The first-order valence-corrected chi connectivity index (χ1v) is 13.6. The van der Waals surface area contributed by atoms with Gasteiger partial charge >= 0.3 is 0 Å². The summed E-state index contributed by atoms with van der Waals surface area (Å²) in [5.41, 5.74) is 1.73. The Bertz CT molecular complexity index is 1510.